The molecule has 2 nitrogen and oxygen atoms in total. The first-order valence-electron chi connectivity index (χ1n) is 7.89. The Kier molecular flexibility index (Phi) is 3.60. The van der Waals surface area contributed by atoms with Gasteiger partial charge in [-0.3, -0.25) is 0 Å². The molecule has 0 radical (unpaired) electrons. The molecule has 4 rings (SSSR count). The summed E-state index contributed by atoms with van der Waals surface area (Å²) >= 11 is 0. The van der Waals surface area contributed by atoms with E-state index in [1.54, 1.807) is 7.11 Å². The zero-order valence-corrected chi connectivity index (χ0v) is 13.2. The van der Waals surface area contributed by atoms with E-state index < -0.39 is 0 Å². The van der Waals surface area contributed by atoms with Crippen LogP contribution in [0.1, 0.15) is 11.1 Å². The van der Waals surface area contributed by atoms with Crippen LogP contribution in [0.4, 0.5) is 0 Å². The van der Waals surface area contributed by atoms with Crippen LogP contribution in [0.3, 0.4) is 0 Å². The Morgan fingerprint density at radius 3 is 2.30 bits per heavy atom. The van der Waals surface area contributed by atoms with Gasteiger partial charge in [-0.1, -0.05) is 54.6 Å². The smallest absolute Gasteiger partial charge is 0.0713 e. The summed E-state index contributed by atoms with van der Waals surface area (Å²) in [6.45, 7) is 1.53. The fourth-order valence-electron chi connectivity index (χ4n) is 3.29. The molecular formula is C21H19NO. The molecule has 23 heavy (non-hydrogen) atoms. The second-order valence-electron chi connectivity index (χ2n) is 5.87. The predicted molar refractivity (Wildman–Crippen MR) is 95.7 cm³/mol. The van der Waals surface area contributed by atoms with Gasteiger partial charge in [-0.05, 0) is 29.3 Å². The third-order valence-corrected chi connectivity index (χ3v) is 4.33. The molecule has 0 bridgehead atoms. The number of rotatable bonds is 4. The maximum absolute atomic E-state index is 5.28. The number of nitrogens with zero attached hydrogens (tertiary/aromatic N) is 1. The fourth-order valence-corrected chi connectivity index (χ4v) is 3.29. The van der Waals surface area contributed by atoms with Crippen LogP contribution in [0, 0.1) is 0 Å². The standard InChI is InChI=1S/C21H19NO/c1-23-15-17-11-12-21-19(13-17)18-9-5-6-10-20(18)22(21)14-16-7-3-2-4-8-16/h2-13H,14-15H2,1H3. The maximum Gasteiger partial charge on any atom is 0.0713 e. The third kappa shape index (κ3) is 2.51. The molecule has 114 valence electrons. The predicted octanol–water partition coefficient (Wildman–Crippen LogP) is 4.99. The highest BCUT2D eigenvalue weighted by atomic mass is 16.5. The van der Waals surface area contributed by atoms with E-state index in [1.165, 1.54) is 32.9 Å². The van der Waals surface area contributed by atoms with Gasteiger partial charge in [-0.2, -0.15) is 0 Å². The van der Waals surface area contributed by atoms with Crippen molar-refractivity contribution >= 4 is 21.8 Å². The molecule has 0 saturated heterocycles. The van der Waals surface area contributed by atoms with Crippen molar-refractivity contribution in [1.29, 1.82) is 0 Å². The van der Waals surface area contributed by atoms with Crippen LogP contribution in [0.15, 0.2) is 72.8 Å². The van der Waals surface area contributed by atoms with Crippen LogP contribution >= 0.6 is 0 Å². The van der Waals surface area contributed by atoms with E-state index in [0.717, 1.165) is 6.54 Å². The summed E-state index contributed by atoms with van der Waals surface area (Å²) in [6.07, 6.45) is 0. The molecule has 3 aromatic carbocycles. The van der Waals surface area contributed by atoms with Crippen LogP contribution in [0.25, 0.3) is 21.8 Å². The quantitative estimate of drug-likeness (QED) is 0.518. The number of ether oxygens (including phenoxy) is 1. The summed E-state index contributed by atoms with van der Waals surface area (Å²) in [7, 11) is 1.74. The lowest BCUT2D eigenvalue weighted by Gasteiger charge is -2.08. The molecule has 0 unspecified atom stereocenters. The summed E-state index contributed by atoms with van der Waals surface area (Å²) in [5, 5.41) is 2.60. The van der Waals surface area contributed by atoms with E-state index in [-0.39, 0.29) is 0 Å². The van der Waals surface area contributed by atoms with Crippen molar-refractivity contribution in [3.8, 4) is 0 Å². The van der Waals surface area contributed by atoms with Crippen molar-refractivity contribution in [2.75, 3.05) is 7.11 Å². The molecule has 0 aliphatic rings. The Morgan fingerprint density at radius 2 is 1.48 bits per heavy atom. The monoisotopic (exact) mass is 301 g/mol. The van der Waals surface area contributed by atoms with E-state index in [1.807, 2.05) is 0 Å². The molecule has 0 saturated carbocycles. The molecule has 0 spiro atoms. The van der Waals surface area contributed by atoms with Crippen molar-refractivity contribution < 1.29 is 4.74 Å². The molecular weight excluding hydrogens is 282 g/mol. The summed E-state index contributed by atoms with van der Waals surface area (Å²) < 4.78 is 7.68. The first-order valence-corrected chi connectivity index (χ1v) is 7.89. The van der Waals surface area contributed by atoms with E-state index in [9.17, 15) is 0 Å². The first-order chi connectivity index (χ1) is 11.4. The zero-order chi connectivity index (χ0) is 15.6. The van der Waals surface area contributed by atoms with Gasteiger partial charge in [-0.25, -0.2) is 0 Å². The lowest BCUT2D eigenvalue weighted by Crippen LogP contribution is -1.99. The SMILES string of the molecule is COCc1ccc2c(c1)c1ccccc1n2Cc1ccccc1. The minimum Gasteiger partial charge on any atom is -0.380 e. The van der Waals surface area contributed by atoms with Gasteiger partial charge in [0.15, 0.2) is 0 Å². The van der Waals surface area contributed by atoms with E-state index in [4.69, 9.17) is 4.74 Å². The van der Waals surface area contributed by atoms with Crippen molar-refractivity contribution in [3.05, 3.63) is 83.9 Å². The number of methoxy groups -OCH3 is 1. The van der Waals surface area contributed by atoms with Gasteiger partial charge in [0.05, 0.1) is 6.61 Å². The minimum atomic E-state index is 0.647. The highest BCUT2D eigenvalue weighted by Crippen LogP contribution is 2.30. The molecule has 0 aliphatic carbocycles. The Balaban J connectivity index is 1.94. The molecule has 0 aliphatic heterocycles. The van der Waals surface area contributed by atoms with Gasteiger partial charge in [0.1, 0.15) is 0 Å². The second-order valence-corrected chi connectivity index (χ2v) is 5.87. The van der Waals surface area contributed by atoms with Crippen molar-refractivity contribution in [1.82, 2.24) is 4.57 Å². The Hall–Kier alpha value is -2.58. The number of hydrogen-bond acceptors (Lipinski definition) is 1. The molecule has 0 amide bonds. The van der Waals surface area contributed by atoms with Crippen molar-refractivity contribution in [3.63, 3.8) is 0 Å². The topological polar surface area (TPSA) is 14.2 Å². The van der Waals surface area contributed by atoms with Crippen LogP contribution < -0.4 is 0 Å². The highest BCUT2D eigenvalue weighted by Gasteiger charge is 2.11. The van der Waals surface area contributed by atoms with E-state index >= 15 is 0 Å². The van der Waals surface area contributed by atoms with Crippen LogP contribution in [0.2, 0.25) is 0 Å². The summed E-state index contributed by atoms with van der Waals surface area (Å²) in [6, 6.07) is 25.9. The fraction of sp³-hybridized carbons (Fsp3) is 0.143. The van der Waals surface area contributed by atoms with Gasteiger partial charge in [0.25, 0.3) is 0 Å². The van der Waals surface area contributed by atoms with E-state index in [0.29, 0.717) is 6.61 Å². The third-order valence-electron chi connectivity index (χ3n) is 4.33. The van der Waals surface area contributed by atoms with Crippen LogP contribution in [0.5, 0.6) is 0 Å². The molecule has 1 aromatic heterocycles. The molecule has 0 fully saturated rings. The summed E-state index contributed by atoms with van der Waals surface area (Å²) in [4.78, 5) is 0. The Labute approximate surface area is 135 Å². The zero-order valence-electron chi connectivity index (χ0n) is 13.2. The van der Waals surface area contributed by atoms with Crippen molar-refractivity contribution in [2.24, 2.45) is 0 Å². The normalized spacial score (nSPS) is 11.3. The Morgan fingerprint density at radius 1 is 0.739 bits per heavy atom. The number of hydrogen-bond donors (Lipinski definition) is 0. The number of aromatic nitrogens is 1. The van der Waals surface area contributed by atoms with Gasteiger partial charge < -0.3 is 9.30 Å². The summed E-state index contributed by atoms with van der Waals surface area (Å²) in [5.41, 5.74) is 5.08. The van der Waals surface area contributed by atoms with Crippen LogP contribution in [-0.2, 0) is 17.9 Å². The largest absolute Gasteiger partial charge is 0.380 e. The molecule has 4 aromatic rings. The number of fused-ring (bicyclic) bond motifs is 3. The molecule has 0 N–H and O–H groups in total. The van der Waals surface area contributed by atoms with Gasteiger partial charge in [0, 0.05) is 35.5 Å². The molecule has 2 heteroatoms. The van der Waals surface area contributed by atoms with Gasteiger partial charge >= 0.3 is 0 Å². The summed E-state index contributed by atoms with van der Waals surface area (Å²) in [5.74, 6) is 0. The average Bonchev–Trinajstić information content (AvgIpc) is 2.90. The molecule has 0 atom stereocenters. The lowest BCUT2D eigenvalue weighted by molar-refractivity contribution is 0.185. The van der Waals surface area contributed by atoms with Crippen molar-refractivity contribution in [2.45, 2.75) is 13.2 Å². The second kappa shape index (κ2) is 5.90. The first kappa shape index (κ1) is 14.0. The highest BCUT2D eigenvalue weighted by molar-refractivity contribution is 6.08. The molecule has 1 heterocycles. The van der Waals surface area contributed by atoms with E-state index in [2.05, 4.69) is 77.4 Å². The number of para-hydroxylation sites is 1. The minimum absolute atomic E-state index is 0.647. The average molecular weight is 301 g/mol. The maximum atomic E-state index is 5.28. The van der Waals surface area contributed by atoms with Gasteiger partial charge in [0.2, 0.25) is 0 Å². The van der Waals surface area contributed by atoms with Crippen LogP contribution in [-0.4, -0.2) is 11.7 Å². The lowest BCUT2D eigenvalue weighted by atomic mass is 10.1. The van der Waals surface area contributed by atoms with Gasteiger partial charge in [-0.15, -0.1) is 0 Å². The Bertz CT molecular complexity index is 954. The number of benzene rings is 3.